The number of alkyl halides is 3. The average Bonchev–Trinajstić information content (AvgIpc) is 3.54. The van der Waals surface area contributed by atoms with Crippen LogP contribution in [0.5, 0.6) is 11.6 Å². The Hall–Kier alpha value is -4.71. The highest BCUT2D eigenvalue weighted by atomic mass is 19.4. The minimum atomic E-state index is -4.62. The highest BCUT2D eigenvalue weighted by molar-refractivity contribution is 6.04. The molecule has 0 bridgehead atoms. The lowest BCUT2D eigenvalue weighted by Crippen LogP contribution is -2.23. The first kappa shape index (κ1) is 30.7. The Morgan fingerprint density at radius 3 is 2.59 bits per heavy atom. The minimum absolute atomic E-state index is 0.0362. The first-order chi connectivity index (χ1) is 21.2. The lowest BCUT2D eigenvalue weighted by Gasteiger charge is -2.18. The third kappa shape index (κ3) is 7.62. The first-order valence-corrected chi connectivity index (χ1v) is 14.4. The molecule has 1 aliphatic rings. The van der Waals surface area contributed by atoms with E-state index in [2.05, 4.69) is 35.8 Å². The molecule has 1 amide bonds. The summed E-state index contributed by atoms with van der Waals surface area (Å²) in [5, 5.41) is 8.50. The predicted molar refractivity (Wildman–Crippen MR) is 164 cm³/mol. The second-order valence-electron chi connectivity index (χ2n) is 10.5. The molecule has 0 radical (unpaired) electrons. The number of amides is 1. The fourth-order valence-electron chi connectivity index (χ4n) is 5.05. The Balaban J connectivity index is 1.26. The normalized spacial score (nSPS) is 13.5. The van der Waals surface area contributed by atoms with Gasteiger partial charge in [0.2, 0.25) is 11.8 Å². The number of carbonyl (C=O) groups is 1. The standard InChI is InChI=1S/C32H34F3N7O2/c1-21-19-23(9-11-28(21)44-30-24(7-5-13-38-30)26-12-15-39-31(36-2)41-26)40-29(43)22-8-10-27(25(20-22)32(33,34)35)37-14-6-18-42-16-3-4-17-42/h5,7-13,15,19-20,37H,3-4,6,14,16-18H2,1-2H3,(H,40,43)(H,36,39,41). The first-order valence-electron chi connectivity index (χ1n) is 14.4. The van der Waals surface area contributed by atoms with Crippen molar-refractivity contribution < 1.29 is 22.7 Å². The van der Waals surface area contributed by atoms with E-state index in [1.54, 1.807) is 56.7 Å². The van der Waals surface area contributed by atoms with Gasteiger partial charge in [0.1, 0.15) is 5.75 Å². The molecular weight excluding hydrogens is 571 g/mol. The van der Waals surface area contributed by atoms with E-state index in [0.29, 0.717) is 46.6 Å². The number of nitrogens with one attached hydrogen (secondary N) is 3. The predicted octanol–water partition coefficient (Wildman–Crippen LogP) is 6.85. The van der Waals surface area contributed by atoms with Crippen LogP contribution in [-0.4, -0.2) is 59.0 Å². The molecule has 4 aromatic rings. The van der Waals surface area contributed by atoms with Gasteiger partial charge in [-0.2, -0.15) is 13.2 Å². The number of rotatable bonds is 11. The summed E-state index contributed by atoms with van der Waals surface area (Å²) in [5.74, 6) is 0.623. The molecule has 9 nitrogen and oxygen atoms in total. The Labute approximate surface area is 253 Å². The van der Waals surface area contributed by atoms with Crippen LogP contribution in [-0.2, 0) is 6.18 Å². The number of pyridine rings is 1. The Bertz CT molecular complexity index is 1610. The van der Waals surface area contributed by atoms with Crippen LogP contribution in [0.1, 0.15) is 40.7 Å². The molecule has 0 saturated carbocycles. The third-order valence-corrected chi connectivity index (χ3v) is 7.32. The molecule has 1 fully saturated rings. The van der Waals surface area contributed by atoms with Crippen molar-refractivity contribution in [1.82, 2.24) is 19.9 Å². The lowest BCUT2D eigenvalue weighted by atomic mass is 10.1. The Kier molecular flexibility index (Phi) is 9.59. The SMILES string of the molecule is CNc1nccc(-c2cccnc2Oc2ccc(NC(=O)c3ccc(NCCCN4CCCC4)c(C(F)(F)F)c3)cc2C)n1. The van der Waals surface area contributed by atoms with E-state index in [1.165, 1.54) is 25.0 Å². The van der Waals surface area contributed by atoms with Crippen molar-refractivity contribution in [3.63, 3.8) is 0 Å². The van der Waals surface area contributed by atoms with Crippen LogP contribution in [0.2, 0.25) is 0 Å². The number of halogens is 3. The highest BCUT2D eigenvalue weighted by Crippen LogP contribution is 2.36. The van der Waals surface area contributed by atoms with Gasteiger partial charge in [-0.3, -0.25) is 4.79 Å². The van der Waals surface area contributed by atoms with E-state index >= 15 is 0 Å². The van der Waals surface area contributed by atoms with Crippen LogP contribution in [0, 0.1) is 6.92 Å². The van der Waals surface area contributed by atoms with E-state index in [-0.39, 0.29) is 11.3 Å². The van der Waals surface area contributed by atoms with Gasteiger partial charge in [0, 0.05) is 42.9 Å². The average molecular weight is 606 g/mol. The molecule has 12 heteroatoms. The molecule has 3 N–H and O–H groups in total. The van der Waals surface area contributed by atoms with E-state index in [4.69, 9.17) is 4.74 Å². The number of anilines is 3. The smallest absolute Gasteiger partial charge is 0.418 e. The number of aromatic nitrogens is 3. The van der Waals surface area contributed by atoms with Crippen LogP contribution in [0.4, 0.5) is 30.5 Å². The van der Waals surface area contributed by atoms with Gasteiger partial charge in [0.25, 0.3) is 5.91 Å². The number of benzene rings is 2. The summed E-state index contributed by atoms with van der Waals surface area (Å²) in [6.07, 6.45) is 1.69. The van der Waals surface area contributed by atoms with E-state index in [1.807, 2.05) is 6.07 Å². The topological polar surface area (TPSA) is 104 Å². The minimum Gasteiger partial charge on any atom is -0.438 e. The number of aryl methyl sites for hydroxylation is 1. The molecule has 0 aliphatic carbocycles. The van der Waals surface area contributed by atoms with Crippen LogP contribution >= 0.6 is 0 Å². The van der Waals surface area contributed by atoms with Gasteiger partial charge >= 0.3 is 6.18 Å². The summed E-state index contributed by atoms with van der Waals surface area (Å²) in [4.78, 5) is 28.3. The van der Waals surface area contributed by atoms with E-state index in [0.717, 1.165) is 32.1 Å². The number of likely N-dealkylation sites (tertiary alicyclic amines) is 1. The van der Waals surface area contributed by atoms with E-state index < -0.39 is 17.6 Å². The molecule has 2 aromatic heterocycles. The summed E-state index contributed by atoms with van der Waals surface area (Å²) in [6.45, 7) is 5.14. The maximum absolute atomic E-state index is 13.9. The summed E-state index contributed by atoms with van der Waals surface area (Å²) < 4.78 is 47.9. The van der Waals surface area contributed by atoms with Crippen molar-refractivity contribution in [2.45, 2.75) is 32.4 Å². The number of hydrogen-bond acceptors (Lipinski definition) is 8. The molecule has 1 aliphatic heterocycles. The quantitative estimate of drug-likeness (QED) is 0.160. The number of ether oxygens (including phenoxy) is 1. The van der Waals surface area contributed by atoms with Gasteiger partial charge in [0.15, 0.2) is 0 Å². The second-order valence-corrected chi connectivity index (χ2v) is 10.5. The molecule has 230 valence electrons. The van der Waals surface area contributed by atoms with Gasteiger partial charge in [-0.05, 0) is 106 Å². The summed E-state index contributed by atoms with van der Waals surface area (Å²) in [5.41, 5.74) is 1.37. The van der Waals surface area contributed by atoms with E-state index in [9.17, 15) is 18.0 Å². The second kappa shape index (κ2) is 13.7. The summed E-state index contributed by atoms with van der Waals surface area (Å²) in [6, 6.07) is 13.9. The molecule has 1 saturated heterocycles. The van der Waals surface area contributed by atoms with Crippen LogP contribution in [0.15, 0.2) is 67.0 Å². The Morgan fingerprint density at radius 1 is 1.02 bits per heavy atom. The fourth-order valence-corrected chi connectivity index (χ4v) is 5.05. The number of nitrogens with zero attached hydrogens (tertiary/aromatic N) is 4. The van der Waals surface area contributed by atoms with Crippen molar-refractivity contribution >= 4 is 23.2 Å². The van der Waals surface area contributed by atoms with Crippen LogP contribution in [0.25, 0.3) is 11.3 Å². The molecule has 0 unspecified atom stereocenters. The lowest BCUT2D eigenvalue weighted by molar-refractivity contribution is -0.137. The molecule has 44 heavy (non-hydrogen) atoms. The zero-order valence-corrected chi connectivity index (χ0v) is 24.5. The van der Waals surface area contributed by atoms with Crippen molar-refractivity contribution in [1.29, 1.82) is 0 Å². The molecule has 3 heterocycles. The maximum Gasteiger partial charge on any atom is 0.418 e. The van der Waals surface area contributed by atoms with Crippen LogP contribution < -0.4 is 20.7 Å². The third-order valence-electron chi connectivity index (χ3n) is 7.32. The number of hydrogen-bond donors (Lipinski definition) is 3. The van der Waals surface area contributed by atoms with Gasteiger partial charge in [-0.1, -0.05) is 0 Å². The van der Waals surface area contributed by atoms with Gasteiger partial charge in [0.05, 0.1) is 16.8 Å². The highest BCUT2D eigenvalue weighted by Gasteiger charge is 2.34. The monoisotopic (exact) mass is 605 g/mol. The maximum atomic E-state index is 13.9. The summed E-state index contributed by atoms with van der Waals surface area (Å²) in [7, 11) is 1.73. The van der Waals surface area contributed by atoms with Gasteiger partial charge in [-0.25, -0.2) is 15.0 Å². The summed E-state index contributed by atoms with van der Waals surface area (Å²) >= 11 is 0. The van der Waals surface area contributed by atoms with Crippen molar-refractivity contribution in [2.75, 3.05) is 49.2 Å². The Morgan fingerprint density at radius 2 is 1.84 bits per heavy atom. The zero-order chi connectivity index (χ0) is 31.1. The van der Waals surface area contributed by atoms with Crippen molar-refractivity contribution in [2.24, 2.45) is 0 Å². The molecule has 0 atom stereocenters. The number of carbonyl (C=O) groups excluding carboxylic acids is 1. The molecule has 5 rings (SSSR count). The fraction of sp³-hybridized carbons (Fsp3) is 0.312. The molecule has 2 aromatic carbocycles. The largest absolute Gasteiger partial charge is 0.438 e. The molecule has 0 spiro atoms. The zero-order valence-electron chi connectivity index (χ0n) is 24.5. The van der Waals surface area contributed by atoms with Gasteiger partial charge in [-0.15, -0.1) is 0 Å². The van der Waals surface area contributed by atoms with Crippen molar-refractivity contribution in [3.8, 4) is 22.9 Å². The van der Waals surface area contributed by atoms with Crippen molar-refractivity contribution in [3.05, 3.63) is 83.7 Å². The molecular formula is C32H34F3N7O2. The van der Waals surface area contributed by atoms with Crippen LogP contribution in [0.3, 0.4) is 0 Å². The van der Waals surface area contributed by atoms with Gasteiger partial charge < -0.3 is 25.6 Å².